The van der Waals surface area contributed by atoms with Gasteiger partial charge < -0.3 is 4.74 Å². The largest absolute Gasteiger partial charge is 0.458 e. The van der Waals surface area contributed by atoms with Gasteiger partial charge >= 0.3 is 5.97 Å². The lowest BCUT2D eigenvalue weighted by Gasteiger charge is -2.35. The quantitative estimate of drug-likeness (QED) is 0.604. The second-order valence-electron chi connectivity index (χ2n) is 6.00. The highest BCUT2D eigenvalue weighted by atomic mass is 16.7. The van der Waals surface area contributed by atoms with Gasteiger partial charge in [0.1, 0.15) is 5.60 Å². The van der Waals surface area contributed by atoms with Crippen LogP contribution in [0, 0.1) is 11.3 Å². The molecule has 20 heavy (non-hydrogen) atoms. The van der Waals surface area contributed by atoms with E-state index in [2.05, 4.69) is 16.4 Å². The summed E-state index contributed by atoms with van der Waals surface area (Å²) in [5, 5.41) is 9.03. The molecule has 1 saturated heterocycles. The van der Waals surface area contributed by atoms with Gasteiger partial charge in [0.15, 0.2) is 6.61 Å². The number of ether oxygens (including phenoxy) is 1. The molecule has 0 saturated carbocycles. The predicted molar refractivity (Wildman–Crippen MR) is 74.6 cm³/mol. The van der Waals surface area contributed by atoms with E-state index in [9.17, 15) is 4.79 Å². The number of hydrogen-bond donors (Lipinski definition) is 1. The van der Waals surface area contributed by atoms with Crippen LogP contribution in [0.25, 0.3) is 0 Å². The van der Waals surface area contributed by atoms with Crippen LogP contribution in [0.4, 0.5) is 0 Å². The summed E-state index contributed by atoms with van der Waals surface area (Å²) in [6.07, 6.45) is 1.68. The second-order valence-corrected chi connectivity index (χ2v) is 6.00. The summed E-state index contributed by atoms with van der Waals surface area (Å²) in [6.45, 7) is 8.98. The molecule has 0 aromatic carbocycles. The molecule has 6 nitrogen and oxygen atoms in total. The molecule has 2 atom stereocenters. The van der Waals surface area contributed by atoms with Crippen molar-refractivity contribution in [1.29, 1.82) is 5.26 Å². The van der Waals surface area contributed by atoms with Crippen LogP contribution in [0.2, 0.25) is 0 Å². The van der Waals surface area contributed by atoms with Crippen molar-refractivity contribution >= 4 is 5.97 Å². The number of carbonyl (C=O) groups is 1. The van der Waals surface area contributed by atoms with Crippen molar-refractivity contribution in [2.75, 3.05) is 19.7 Å². The first kappa shape index (κ1) is 16.9. The number of esters is 1. The van der Waals surface area contributed by atoms with Crippen LogP contribution < -0.4 is 5.48 Å². The Hall–Kier alpha value is -1.16. The summed E-state index contributed by atoms with van der Waals surface area (Å²) < 4.78 is 5.15. The van der Waals surface area contributed by atoms with Crippen molar-refractivity contribution in [3.05, 3.63) is 0 Å². The molecule has 114 valence electrons. The van der Waals surface area contributed by atoms with Crippen LogP contribution in [0.15, 0.2) is 0 Å². The van der Waals surface area contributed by atoms with Gasteiger partial charge in [0.25, 0.3) is 0 Å². The summed E-state index contributed by atoms with van der Waals surface area (Å²) in [7, 11) is 0. The van der Waals surface area contributed by atoms with Gasteiger partial charge in [0, 0.05) is 12.6 Å². The summed E-state index contributed by atoms with van der Waals surface area (Å²) >= 11 is 0. The van der Waals surface area contributed by atoms with Crippen LogP contribution in [0.1, 0.15) is 40.5 Å². The van der Waals surface area contributed by atoms with Crippen molar-refractivity contribution in [2.45, 2.75) is 58.2 Å². The Labute approximate surface area is 121 Å². The smallest absolute Gasteiger partial charge is 0.334 e. The molecule has 0 spiro atoms. The molecule has 0 bridgehead atoms. The molecule has 0 radical (unpaired) electrons. The van der Waals surface area contributed by atoms with E-state index in [4.69, 9.17) is 14.8 Å². The van der Waals surface area contributed by atoms with Crippen LogP contribution >= 0.6 is 0 Å². The van der Waals surface area contributed by atoms with E-state index in [-0.39, 0.29) is 24.7 Å². The number of hydrogen-bond acceptors (Lipinski definition) is 6. The number of nitriles is 1. The van der Waals surface area contributed by atoms with E-state index in [0.29, 0.717) is 0 Å². The average Bonchev–Trinajstić information content (AvgIpc) is 2.36. The number of rotatable bonds is 5. The van der Waals surface area contributed by atoms with Crippen molar-refractivity contribution in [3.63, 3.8) is 0 Å². The molecule has 1 aliphatic rings. The van der Waals surface area contributed by atoms with Crippen LogP contribution in [-0.2, 0) is 14.4 Å². The molecule has 1 rings (SSSR count). The fraction of sp³-hybridized carbons (Fsp3) is 0.857. The van der Waals surface area contributed by atoms with Gasteiger partial charge in [-0.1, -0.05) is 6.92 Å². The number of nitrogens with zero attached hydrogens (tertiary/aromatic N) is 2. The number of likely N-dealkylation sites (N-methyl/N-ethyl adjacent to an activating group) is 1. The molecule has 0 aromatic heterocycles. The van der Waals surface area contributed by atoms with Crippen molar-refractivity contribution < 1.29 is 14.4 Å². The van der Waals surface area contributed by atoms with Gasteiger partial charge in [-0.2, -0.15) is 10.7 Å². The minimum Gasteiger partial charge on any atom is -0.458 e. The predicted octanol–water partition coefficient (Wildman–Crippen LogP) is 1.23. The van der Waals surface area contributed by atoms with E-state index < -0.39 is 5.60 Å². The highest BCUT2D eigenvalue weighted by Crippen LogP contribution is 2.16. The van der Waals surface area contributed by atoms with Gasteiger partial charge in [-0.25, -0.2) is 4.79 Å². The number of carbonyl (C=O) groups excluding carboxylic acids is 1. The van der Waals surface area contributed by atoms with E-state index >= 15 is 0 Å². The van der Waals surface area contributed by atoms with Crippen LogP contribution in [-0.4, -0.2) is 48.3 Å². The highest BCUT2D eigenvalue weighted by Gasteiger charge is 2.27. The maximum atomic E-state index is 11.5. The highest BCUT2D eigenvalue weighted by molar-refractivity contribution is 5.71. The third-order valence-corrected chi connectivity index (χ3v) is 3.10. The number of likely N-dealkylation sites (tertiary alicyclic amines) is 1. The fourth-order valence-electron chi connectivity index (χ4n) is 2.22. The fourth-order valence-corrected chi connectivity index (χ4v) is 2.22. The van der Waals surface area contributed by atoms with Gasteiger partial charge in [-0.05, 0) is 40.2 Å². The van der Waals surface area contributed by atoms with Crippen molar-refractivity contribution in [1.82, 2.24) is 10.4 Å². The first-order valence-corrected chi connectivity index (χ1v) is 7.08. The molecule has 0 amide bonds. The number of piperidine rings is 1. The monoisotopic (exact) mass is 283 g/mol. The Morgan fingerprint density at radius 1 is 1.45 bits per heavy atom. The Morgan fingerprint density at radius 3 is 2.70 bits per heavy atom. The molecule has 1 heterocycles. The molecule has 1 unspecified atom stereocenters. The summed E-state index contributed by atoms with van der Waals surface area (Å²) in [5.41, 5.74) is 2.40. The molecule has 1 aliphatic heterocycles. The first-order chi connectivity index (χ1) is 9.35. The molecule has 0 aliphatic carbocycles. The average molecular weight is 283 g/mol. The maximum Gasteiger partial charge on any atom is 0.334 e. The lowest BCUT2D eigenvalue weighted by molar-refractivity contribution is -0.164. The second kappa shape index (κ2) is 7.58. The zero-order valence-corrected chi connectivity index (χ0v) is 12.8. The van der Waals surface area contributed by atoms with E-state index in [1.165, 1.54) is 0 Å². The van der Waals surface area contributed by atoms with Gasteiger partial charge in [-0.3, -0.25) is 9.74 Å². The SMILES string of the molecule is CCN1CC(NOCC(=O)OC(C)(C)C)CC[C@H]1C#N. The summed E-state index contributed by atoms with van der Waals surface area (Å²) in [4.78, 5) is 18.8. The molecule has 1 N–H and O–H groups in total. The summed E-state index contributed by atoms with van der Waals surface area (Å²) in [6, 6.07) is 2.44. The first-order valence-electron chi connectivity index (χ1n) is 7.08. The Balaban J connectivity index is 2.26. The topological polar surface area (TPSA) is 74.6 Å². The van der Waals surface area contributed by atoms with E-state index in [1.54, 1.807) is 0 Å². The van der Waals surface area contributed by atoms with Crippen LogP contribution in [0.3, 0.4) is 0 Å². The standard InChI is InChI=1S/C14H25N3O3/c1-5-17-9-11(6-7-12(17)8-15)16-19-10-13(18)20-14(2,3)4/h11-12,16H,5-7,9-10H2,1-4H3/t11?,12-/m0/s1. The molecular formula is C14H25N3O3. The van der Waals surface area contributed by atoms with Gasteiger partial charge in [0.05, 0.1) is 12.1 Å². The number of hydroxylamine groups is 1. The Morgan fingerprint density at radius 2 is 2.15 bits per heavy atom. The zero-order chi connectivity index (χ0) is 15.2. The van der Waals surface area contributed by atoms with E-state index in [1.807, 2.05) is 27.7 Å². The maximum absolute atomic E-state index is 11.5. The zero-order valence-electron chi connectivity index (χ0n) is 12.8. The van der Waals surface area contributed by atoms with E-state index in [0.717, 1.165) is 25.9 Å². The third kappa shape index (κ3) is 5.87. The number of nitrogens with one attached hydrogen (secondary N) is 1. The molecular weight excluding hydrogens is 258 g/mol. The van der Waals surface area contributed by atoms with Gasteiger partial charge in [0.2, 0.25) is 0 Å². The molecule has 0 aromatic rings. The minimum atomic E-state index is -0.496. The minimum absolute atomic E-state index is 0.0103. The molecule has 1 fully saturated rings. The van der Waals surface area contributed by atoms with Crippen LogP contribution in [0.5, 0.6) is 0 Å². The van der Waals surface area contributed by atoms with Crippen molar-refractivity contribution in [3.8, 4) is 6.07 Å². The normalized spacial score (nSPS) is 24.1. The Bertz CT molecular complexity index is 360. The molecule has 6 heteroatoms. The van der Waals surface area contributed by atoms with Gasteiger partial charge in [-0.15, -0.1) is 0 Å². The third-order valence-electron chi connectivity index (χ3n) is 3.10. The summed E-state index contributed by atoms with van der Waals surface area (Å²) in [5.74, 6) is -0.386. The van der Waals surface area contributed by atoms with Crippen molar-refractivity contribution in [2.24, 2.45) is 0 Å². The lowest BCUT2D eigenvalue weighted by atomic mass is 10.00. The lowest BCUT2D eigenvalue weighted by Crippen LogP contribution is -2.50. The Kier molecular flexibility index (Phi) is 6.40.